The first-order valence-electron chi connectivity index (χ1n) is 20.1. The minimum atomic E-state index is -1.21. The molecule has 2 aliphatic rings. The van der Waals surface area contributed by atoms with Crippen LogP contribution in [0.1, 0.15) is 68.8 Å². The van der Waals surface area contributed by atoms with Crippen LogP contribution in [0.5, 0.6) is 0 Å². The number of hydrogen-bond acceptors (Lipinski definition) is 7. The van der Waals surface area contributed by atoms with Gasteiger partial charge in [0, 0.05) is 24.9 Å². The number of carbonyl (C=O) groups excluding carboxylic acids is 2. The predicted molar refractivity (Wildman–Crippen MR) is 227 cm³/mol. The summed E-state index contributed by atoms with van der Waals surface area (Å²) < 4.78 is 4.90. The lowest BCUT2D eigenvalue weighted by atomic mass is 9.98. The van der Waals surface area contributed by atoms with Crippen molar-refractivity contribution in [2.75, 3.05) is 20.2 Å². The van der Waals surface area contributed by atoms with E-state index in [1.165, 1.54) is 7.11 Å². The predicted octanol–water partition coefficient (Wildman–Crippen LogP) is 8.73. The average Bonchev–Trinajstić information content (AvgIpc) is 4.10. The molecule has 0 saturated carbocycles. The molecule has 2 aromatic heterocycles. The quantitative estimate of drug-likeness (QED) is 0.0868. The Balaban J connectivity index is 0.952. The molecule has 5 N–H and O–H groups in total. The van der Waals surface area contributed by atoms with Gasteiger partial charge in [0.05, 0.1) is 48.7 Å². The monoisotopic (exact) mass is 792 g/mol. The molecule has 3 amide bonds. The highest BCUT2D eigenvalue weighted by Crippen LogP contribution is 2.36. The summed E-state index contributed by atoms with van der Waals surface area (Å²) in [6.45, 7) is 5.07. The molecule has 2 saturated heterocycles. The van der Waals surface area contributed by atoms with Crippen LogP contribution in [0, 0.1) is 5.92 Å². The van der Waals surface area contributed by atoms with Gasteiger partial charge in [0.15, 0.2) is 0 Å². The van der Waals surface area contributed by atoms with Gasteiger partial charge in [-0.05, 0) is 76.8 Å². The molecule has 6 aromatic rings. The molecule has 59 heavy (non-hydrogen) atoms. The van der Waals surface area contributed by atoms with Crippen LogP contribution in [0.25, 0.3) is 50.1 Å². The van der Waals surface area contributed by atoms with Crippen LogP contribution < -0.4 is 10.6 Å². The van der Waals surface area contributed by atoms with Gasteiger partial charge in [0.1, 0.15) is 17.7 Å². The van der Waals surface area contributed by atoms with E-state index in [0.29, 0.717) is 18.1 Å². The molecule has 0 aliphatic carbocycles. The zero-order chi connectivity index (χ0) is 41.0. The lowest BCUT2D eigenvalue weighted by Gasteiger charge is -2.29. The molecular weight excluding hydrogens is 745 g/mol. The zero-order valence-corrected chi connectivity index (χ0v) is 33.3. The Morgan fingerprint density at radius 3 is 2.05 bits per heavy atom. The van der Waals surface area contributed by atoms with Crippen molar-refractivity contribution >= 4 is 34.6 Å². The third-order valence-corrected chi connectivity index (χ3v) is 11.3. The van der Waals surface area contributed by atoms with Crippen LogP contribution >= 0.6 is 0 Å². The van der Waals surface area contributed by atoms with E-state index >= 15 is 0 Å². The number of carboxylic acid groups (broad SMARTS) is 1. The van der Waals surface area contributed by atoms with Crippen molar-refractivity contribution in [3.63, 3.8) is 0 Å². The fourth-order valence-electron chi connectivity index (χ4n) is 8.24. The van der Waals surface area contributed by atoms with Crippen molar-refractivity contribution in [3.8, 4) is 33.6 Å². The van der Waals surface area contributed by atoms with Crippen molar-refractivity contribution in [2.24, 2.45) is 5.92 Å². The summed E-state index contributed by atoms with van der Waals surface area (Å²) in [5, 5.41) is 16.8. The maximum Gasteiger partial charge on any atom is 0.411 e. The van der Waals surface area contributed by atoms with Crippen LogP contribution in [0.3, 0.4) is 0 Å². The van der Waals surface area contributed by atoms with Crippen LogP contribution in [-0.2, 0) is 9.53 Å². The average molecular weight is 793 g/mol. The third-order valence-electron chi connectivity index (χ3n) is 11.3. The smallest absolute Gasteiger partial charge is 0.411 e. The highest BCUT2D eigenvalue weighted by atomic mass is 16.5. The molecule has 4 aromatic carbocycles. The number of alkyl carbamates (subject to hydrolysis) is 1. The van der Waals surface area contributed by atoms with Crippen molar-refractivity contribution in [1.82, 2.24) is 40.4 Å². The first-order valence-corrected chi connectivity index (χ1v) is 20.1. The highest BCUT2D eigenvalue weighted by Gasteiger charge is 2.37. The number of imidazole rings is 2. The van der Waals surface area contributed by atoms with Gasteiger partial charge in [0.2, 0.25) is 5.91 Å². The molecule has 8 rings (SSSR count). The fourth-order valence-corrected chi connectivity index (χ4v) is 8.24. The number of hydrogen-bond donors (Lipinski definition) is 5. The summed E-state index contributed by atoms with van der Waals surface area (Å²) in [6.07, 6.45) is 7.48. The van der Waals surface area contributed by atoms with E-state index in [9.17, 15) is 19.5 Å². The summed E-state index contributed by atoms with van der Waals surface area (Å²) in [7, 11) is 1.36. The summed E-state index contributed by atoms with van der Waals surface area (Å²) >= 11 is 0. The minimum absolute atomic E-state index is 0.0345. The summed E-state index contributed by atoms with van der Waals surface area (Å²) in [5.41, 5.74) is 7.57. The molecule has 302 valence electrons. The van der Waals surface area contributed by atoms with Crippen LogP contribution in [0.4, 0.5) is 9.59 Å². The summed E-state index contributed by atoms with van der Waals surface area (Å²) in [4.78, 5) is 57.5. The maximum atomic E-state index is 13.4. The number of rotatable bonds is 11. The van der Waals surface area contributed by atoms with E-state index in [1.807, 2.05) is 56.6 Å². The Bertz CT molecular complexity index is 2490. The summed E-state index contributed by atoms with van der Waals surface area (Å²) in [6, 6.07) is 30.0. The van der Waals surface area contributed by atoms with Crippen molar-refractivity contribution in [2.45, 2.75) is 57.7 Å². The molecule has 13 heteroatoms. The molecule has 3 atom stereocenters. The van der Waals surface area contributed by atoms with E-state index in [1.54, 1.807) is 11.1 Å². The van der Waals surface area contributed by atoms with Crippen molar-refractivity contribution in [1.29, 1.82) is 0 Å². The molecule has 0 radical (unpaired) electrons. The van der Waals surface area contributed by atoms with Crippen molar-refractivity contribution in [3.05, 3.63) is 127 Å². The van der Waals surface area contributed by atoms with E-state index in [-0.39, 0.29) is 23.9 Å². The standard InChI is InChI=1S/C46H48N8O5/c1-28(2)41(52-45(56)57)44(55)54-22-8-12-40(54)43-48-25-36(49-43)31-15-13-29(14-16-31)32-17-18-34-24-35(20-19-33(34)23-32)37-26-47-42(50-37)39-11-7-21-53(39)27-38(51-46(58)59-3)30-9-5-4-6-10-30/h4-6,9-10,13-20,23-28,39-41,52H,7-8,11-12,21-22H2,1-3H3,(H,47,50)(H,48,49)(H,51,58)(H,56,57). The molecule has 13 nitrogen and oxygen atoms in total. The normalized spacial score (nSPS) is 17.4. The van der Waals surface area contributed by atoms with Gasteiger partial charge in [-0.2, -0.15) is 0 Å². The van der Waals surface area contributed by atoms with E-state index in [2.05, 4.69) is 91.1 Å². The van der Waals surface area contributed by atoms with Gasteiger partial charge < -0.3 is 34.9 Å². The largest absolute Gasteiger partial charge is 0.465 e. The SMILES string of the molecule is COC(=O)NC(=CN1CCCC1c1ncc(-c2ccc3cc(-c4ccc(-c5cnc(C6CCCN6C(=O)C(NC(=O)O)C(C)C)[nH]5)cc4)ccc3c2)[nH]1)c1ccccc1. The zero-order valence-electron chi connectivity index (χ0n) is 33.3. The third kappa shape index (κ3) is 8.40. The molecule has 0 bridgehead atoms. The number of nitrogens with one attached hydrogen (secondary N) is 4. The molecule has 4 heterocycles. The maximum absolute atomic E-state index is 13.4. The number of fused-ring (bicyclic) bond motifs is 1. The number of aromatic amines is 2. The van der Waals surface area contributed by atoms with E-state index in [4.69, 9.17) is 9.72 Å². The lowest BCUT2D eigenvalue weighted by molar-refractivity contribution is -0.135. The molecule has 2 fully saturated rings. The second-order valence-electron chi connectivity index (χ2n) is 15.5. The number of nitrogens with zero attached hydrogens (tertiary/aromatic N) is 4. The fraction of sp³-hybridized carbons (Fsp3) is 0.283. The molecule has 0 spiro atoms. The number of H-pyrrole nitrogens is 2. The Morgan fingerprint density at radius 1 is 0.780 bits per heavy atom. The van der Waals surface area contributed by atoms with Gasteiger partial charge >= 0.3 is 12.2 Å². The second kappa shape index (κ2) is 16.9. The molecule has 2 aliphatic heterocycles. The van der Waals surface area contributed by atoms with Crippen LogP contribution in [0.15, 0.2) is 110 Å². The summed E-state index contributed by atoms with van der Waals surface area (Å²) in [5.74, 6) is 1.18. The van der Waals surface area contributed by atoms with Gasteiger partial charge in [-0.15, -0.1) is 0 Å². The second-order valence-corrected chi connectivity index (χ2v) is 15.5. The number of ether oxygens (including phenoxy) is 1. The van der Waals surface area contributed by atoms with Crippen LogP contribution in [-0.4, -0.2) is 79.2 Å². The van der Waals surface area contributed by atoms with E-state index in [0.717, 1.165) is 88.0 Å². The van der Waals surface area contributed by atoms with E-state index < -0.39 is 18.2 Å². The number of aromatic nitrogens is 4. The molecule has 3 unspecified atom stereocenters. The topological polar surface area (TPSA) is 169 Å². The first-order chi connectivity index (χ1) is 28.6. The van der Waals surface area contributed by atoms with Crippen LogP contribution in [0.2, 0.25) is 0 Å². The Hall–Kier alpha value is -6.89. The lowest BCUT2D eigenvalue weighted by Crippen LogP contribution is -2.50. The first kappa shape index (κ1) is 39.0. The number of carbonyl (C=O) groups is 3. The van der Waals surface area contributed by atoms with Gasteiger partial charge in [-0.25, -0.2) is 19.6 Å². The Morgan fingerprint density at radius 2 is 1.37 bits per heavy atom. The minimum Gasteiger partial charge on any atom is -0.465 e. The highest BCUT2D eigenvalue weighted by molar-refractivity contribution is 5.91. The number of methoxy groups -OCH3 is 1. The Kier molecular flexibility index (Phi) is 11.2. The number of likely N-dealkylation sites (tertiary alicyclic amines) is 2. The van der Waals surface area contributed by atoms with Crippen molar-refractivity contribution < 1.29 is 24.2 Å². The van der Waals surface area contributed by atoms with Gasteiger partial charge in [0.25, 0.3) is 0 Å². The van der Waals surface area contributed by atoms with Gasteiger partial charge in [-0.3, -0.25) is 10.1 Å². The van der Waals surface area contributed by atoms with Gasteiger partial charge in [-0.1, -0.05) is 92.7 Å². The molecular formula is C46H48N8O5. The number of amides is 3. The Labute approximate surface area is 342 Å². The number of benzene rings is 4.